The molecule has 1 aromatic heterocycles. The number of rotatable bonds is 9. The predicted octanol–water partition coefficient (Wildman–Crippen LogP) is 1.49. The van der Waals surface area contributed by atoms with E-state index in [1.807, 2.05) is 28.8 Å². The average molecular weight is 576 g/mol. The number of nitrogens with zero attached hydrogens (tertiary/aromatic N) is 3. The lowest BCUT2D eigenvalue weighted by molar-refractivity contribution is -0.121. The van der Waals surface area contributed by atoms with E-state index in [2.05, 4.69) is 10.2 Å². The van der Waals surface area contributed by atoms with Crippen LogP contribution in [0.15, 0.2) is 53.4 Å². The number of sulfonamides is 1. The molecule has 40 heavy (non-hydrogen) atoms. The van der Waals surface area contributed by atoms with Crippen LogP contribution in [0.25, 0.3) is 10.9 Å². The van der Waals surface area contributed by atoms with Gasteiger partial charge in [-0.3, -0.25) is 19.7 Å². The fraction of sp³-hybridized carbons (Fsp3) is 0.407. The largest absolute Gasteiger partial charge is 0.379 e. The third kappa shape index (κ3) is 7.04. The molecule has 2 amide bonds. The molecule has 0 spiro atoms. The monoisotopic (exact) mass is 575 g/mol. The highest BCUT2D eigenvalue weighted by Gasteiger charge is 2.32. The smallest absolute Gasteiger partial charge is 0.243 e. The van der Waals surface area contributed by atoms with Crippen LogP contribution in [0.5, 0.6) is 0 Å². The Labute approximate surface area is 232 Å². The zero-order valence-electron chi connectivity index (χ0n) is 22.1. The molecule has 0 atom stereocenters. The van der Waals surface area contributed by atoms with Gasteiger partial charge in [0.05, 0.1) is 24.7 Å². The molecular formula is C27H34FN5O6S. The maximum Gasteiger partial charge on any atom is 0.243 e. The molecule has 11 nitrogen and oxygen atoms in total. The normalized spacial score (nSPS) is 16.1. The maximum atomic E-state index is 13.4. The van der Waals surface area contributed by atoms with Gasteiger partial charge in [0.1, 0.15) is 12.4 Å². The Morgan fingerprint density at radius 3 is 2.48 bits per heavy atom. The second-order valence-electron chi connectivity index (χ2n) is 9.48. The second-order valence-corrected chi connectivity index (χ2v) is 11.4. The van der Waals surface area contributed by atoms with Crippen molar-refractivity contribution in [3.8, 4) is 0 Å². The maximum absolute atomic E-state index is 13.4. The molecule has 2 aliphatic rings. The fourth-order valence-electron chi connectivity index (χ4n) is 5.07. The topological polar surface area (TPSA) is 133 Å². The summed E-state index contributed by atoms with van der Waals surface area (Å²) in [5, 5.41) is 11.3. The minimum absolute atomic E-state index is 0.0630. The number of fused-ring (bicyclic) bond motifs is 3. The van der Waals surface area contributed by atoms with Gasteiger partial charge in [-0.25, -0.2) is 18.3 Å². The van der Waals surface area contributed by atoms with Crippen LogP contribution in [0.1, 0.15) is 17.7 Å². The Hall–Kier alpha value is -3.36. The molecule has 0 bridgehead atoms. The number of para-hydroxylation sites is 1. The highest BCUT2D eigenvalue weighted by molar-refractivity contribution is 7.89. The van der Waals surface area contributed by atoms with Crippen molar-refractivity contribution in [1.29, 1.82) is 0 Å². The van der Waals surface area contributed by atoms with Crippen LogP contribution in [0, 0.1) is 5.82 Å². The van der Waals surface area contributed by atoms with E-state index in [9.17, 15) is 17.6 Å². The number of aromatic nitrogens is 1. The number of benzene rings is 2. The Balaban J connectivity index is 0.000000867. The van der Waals surface area contributed by atoms with Gasteiger partial charge < -0.3 is 14.6 Å². The molecule has 0 radical (unpaired) electrons. The molecule has 0 aliphatic carbocycles. The SMILES string of the molecule is O=C(Cn1c2c(c3ccccc31)CCN(S(=O)(=O)c1ccc(F)cc1)C2)NCCCN1CCOCC1.O=CNO. The van der Waals surface area contributed by atoms with Gasteiger partial charge in [0.15, 0.2) is 0 Å². The lowest BCUT2D eigenvalue weighted by Gasteiger charge is -2.28. The zero-order chi connectivity index (χ0) is 28.5. The van der Waals surface area contributed by atoms with Crippen molar-refractivity contribution in [1.82, 2.24) is 24.6 Å². The van der Waals surface area contributed by atoms with Crippen molar-refractivity contribution in [2.24, 2.45) is 0 Å². The molecule has 0 unspecified atom stereocenters. The molecule has 3 N–H and O–H groups in total. The molecular weight excluding hydrogens is 541 g/mol. The van der Waals surface area contributed by atoms with Gasteiger partial charge in [0.25, 0.3) is 0 Å². The minimum atomic E-state index is -3.79. The first kappa shape index (κ1) is 29.6. The Morgan fingerprint density at radius 2 is 1.77 bits per heavy atom. The van der Waals surface area contributed by atoms with Gasteiger partial charge in [-0.15, -0.1) is 0 Å². The summed E-state index contributed by atoms with van der Waals surface area (Å²) in [7, 11) is -3.79. The Bertz CT molecular complexity index is 1410. The van der Waals surface area contributed by atoms with Crippen molar-refractivity contribution < 1.29 is 32.3 Å². The van der Waals surface area contributed by atoms with Gasteiger partial charge in [-0.1, -0.05) is 18.2 Å². The van der Waals surface area contributed by atoms with Gasteiger partial charge in [0, 0.05) is 42.8 Å². The summed E-state index contributed by atoms with van der Waals surface area (Å²) in [5.74, 6) is -0.579. The fourth-order valence-corrected chi connectivity index (χ4v) is 6.47. The number of amides is 2. The van der Waals surface area contributed by atoms with Gasteiger partial charge in [-0.2, -0.15) is 4.31 Å². The van der Waals surface area contributed by atoms with Crippen molar-refractivity contribution in [3.63, 3.8) is 0 Å². The van der Waals surface area contributed by atoms with E-state index in [0.717, 1.165) is 73.6 Å². The first-order chi connectivity index (χ1) is 19.3. The van der Waals surface area contributed by atoms with Crippen molar-refractivity contribution in [2.45, 2.75) is 30.8 Å². The zero-order valence-corrected chi connectivity index (χ0v) is 22.9. The number of carbonyl (C=O) groups is 2. The van der Waals surface area contributed by atoms with Crippen LogP contribution < -0.4 is 10.8 Å². The molecule has 1 saturated heterocycles. The van der Waals surface area contributed by atoms with Crippen molar-refractivity contribution in [3.05, 3.63) is 65.6 Å². The summed E-state index contributed by atoms with van der Waals surface area (Å²) in [6, 6.07) is 12.8. The number of nitrogens with one attached hydrogen (secondary N) is 2. The van der Waals surface area contributed by atoms with Crippen LogP contribution in [0.2, 0.25) is 0 Å². The summed E-state index contributed by atoms with van der Waals surface area (Å²) in [6.07, 6.45) is 1.59. The first-order valence-electron chi connectivity index (χ1n) is 13.1. The van der Waals surface area contributed by atoms with Gasteiger partial charge in [0.2, 0.25) is 22.3 Å². The number of hydrogen-bond acceptors (Lipinski definition) is 7. The molecule has 3 heterocycles. The lowest BCUT2D eigenvalue weighted by atomic mass is 10.0. The van der Waals surface area contributed by atoms with Crippen LogP contribution >= 0.6 is 0 Å². The van der Waals surface area contributed by atoms with E-state index in [-0.39, 0.29) is 30.3 Å². The van der Waals surface area contributed by atoms with E-state index < -0.39 is 15.8 Å². The van der Waals surface area contributed by atoms with E-state index in [1.54, 1.807) is 0 Å². The molecule has 5 rings (SSSR count). The van der Waals surface area contributed by atoms with E-state index in [0.29, 0.717) is 19.5 Å². The van der Waals surface area contributed by atoms with Crippen molar-refractivity contribution in [2.75, 3.05) is 45.9 Å². The predicted molar refractivity (Wildman–Crippen MR) is 146 cm³/mol. The third-order valence-electron chi connectivity index (χ3n) is 7.01. The van der Waals surface area contributed by atoms with E-state index in [1.165, 1.54) is 21.9 Å². The van der Waals surface area contributed by atoms with E-state index >= 15 is 0 Å². The summed E-state index contributed by atoms with van der Waals surface area (Å²) in [5.41, 5.74) is 4.08. The highest BCUT2D eigenvalue weighted by atomic mass is 32.2. The van der Waals surface area contributed by atoms with Crippen molar-refractivity contribution >= 4 is 33.2 Å². The number of halogens is 1. The first-order valence-corrected chi connectivity index (χ1v) is 14.5. The molecule has 0 saturated carbocycles. The molecule has 216 valence electrons. The van der Waals surface area contributed by atoms with Crippen LogP contribution in [-0.4, -0.2) is 85.7 Å². The summed E-state index contributed by atoms with van der Waals surface area (Å²) in [6.45, 7) is 5.47. The number of carbonyl (C=O) groups excluding carboxylic acids is 2. The number of hydroxylamine groups is 1. The molecule has 2 aromatic carbocycles. The number of morpholine rings is 1. The number of hydrogen-bond donors (Lipinski definition) is 3. The quantitative estimate of drug-likeness (QED) is 0.152. The second kappa shape index (κ2) is 13.8. The Kier molecular flexibility index (Phi) is 10.2. The van der Waals surface area contributed by atoms with Gasteiger partial charge >= 0.3 is 0 Å². The molecule has 3 aromatic rings. The standard InChI is InChI=1S/C26H31FN4O4S.CH3NO2/c27-20-6-8-21(9-7-20)36(33,34)30-13-10-23-22-4-1-2-5-24(22)31(25(23)18-30)19-26(32)28-11-3-12-29-14-16-35-17-15-29;3-1-2-4/h1-2,4-9H,3,10-19H2,(H,28,32);1,4H,(H,2,3). The summed E-state index contributed by atoms with van der Waals surface area (Å²) in [4.78, 5) is 24.1. The molecule has 13 heteroatoms. The molecule has 2 aliphatic heterocycles. The van der Waals surface area contributed by atoms with Crippen LogP contribution in [-0.2, 0) is 43.9 Å². The summed E-state index contributed by atoms with van der Waals surface area (Å²) < 4.78 is 48.6. The third-order valence-corrected chi connectivity index (χ3v) is 8.87. The average Bonchev–Trinajstić information content (AvgIpc) is 3.29. The number of ether oxygens (including phenoxy) is 1. The molecule has 1 fully saturated rings. The van der Waals surface area contributed by atoms with Gasteiger partial charge in [-0.05, 0) is 55.3 Å². The van der Waals surface area contributed by atoms with E-state index in [4.69, 9.17) is 14.7 Å². The Morgan fingerprint density at radius 1 is 1.07 bits per heavy atom. The van der Waals surface area contributed by atoms with Crippen LogP contribution in [0.3, 0.4) is 0 Å². The summed E-state index contributed by atoms with van der Waals surface area (Å²) >= 11 is 0. The van der Waals surface area contributed by atoms with Crippen LogP contribution in [0.4, 0.5) is 4.39 Å². The minimum Gasteiger partial charge on any atom is -0.379 e. The lowest BCUT2D eigenvalue weighted by Crippen LogP contribution is -2.39. The highest BCUT2D eigenvalue weighted by Crippen LogP contribution is 2.33.